The largest absolute Gasteiger partial charge is 0.454 e. The van der Waals surface area contributed by atoms with E-state index in [1.54, 1.807) is 31.2 Å². The molecule has 0 radical (unpaired) electrons. The number of aryl methyl sites for hydroxylation is 2. The molecule has 5 nitrogen and oxygen atoms in total. The molecule has 1 aromatic carbocycles. The molecule has 0 saturated carbocycles. The third-order valence-electron chi connectivity index (χ3n) is 2.98. The lowest BCUT2D eigenvalue weighted by Gasteiger charge is -2.05. The molecule has 1 heterocycles. The average molecular weight is 352 g/mol. The van der Waals surface area contributed by atoms with Crippen molar-refractivity contribution in [1.82, 2.24) is 5.16 Å². The van der Waals surface area contributed by atoms with Gasteiger partial charge in [0, 0.05) is 10.0 Å². The van der Waals surface area contributed by atoms with Gasteiger partial charge in [0.25, 0.3) is 0 Å². The minimum atomic E-state index is -0.592. The maximum atomic E-state index is 12.0. The van der Waals surface area contributed by atoms with Crippen molar-refractivity contribution in [3.05, 3.63) is 51.3 Å². The van der Waals surface area contributed by atoms with Gasteiger partial charge in [-0.15, -0.1) is 0 Å². The van der Waals surface area contributed by atoms with Crippen LogP contribution < -0.4 is 0 Å². The van der Waals surface area contributed by atoms with Crippen LogP contribution in [0.5, 0.6) is 0 Å². The average Bonchev–Trinajstić information content (AvgIpc) is 2.86. The lowest BCUT2D eigenvalue weighted by molar-refractivity contribution is 0.0472. The summed E-state index contributed by atoms with van der Waals surface area (Å²) in [5.41, 5.74) is 1.31. The van der Waals surface area contributed by atoms with Crippen LogP contribution in [0.15, 0.2) is 33.3 Å². The number of halogens is 1. The minimum absolute atomic E-state index is 0.275. The van der Waals surface area contributed by atoms with Crippen molar-refractivity contribution in [2.45, 2.75) is 20.3 Å². The number of ether oxygens (including phenoxy) is 1. The molecule has 0 unspecified atom stereocenters. The zero-order valence-electron chi connectivity index (χ0n) is 11.7. The molecule has 0 aliphatic carbocycles. The monoisotopic (exact) mass is 351 g/mol. The highest BCUT2D eigenvalue weighted by Crippen LogP contribution is 2.18. The molecule has 0 aliphatic heterocycles. The number of hydrogen-bond acceptors (Lipinski definition) is 5. The van der Waals surface area contributed by atoms with Gasteiger partial charge in [-0.05, 0) is 19.4 Å². The zero-order chi connectivity index (χ0) is 15.4. The van der Waals surface area contributed by atoms with Gasteiger partial charge in [0.2, 0.25) is 5.78 Å². The Balaban J connectivity index is 2.06. The van der Waals surface area contributed by atoms with Crippen molar-refractivity contribution < 1.29 is 18.8 Å². The second-order valence-electron chi connectivity index (χ2n) is 4.39. The van der Waals surface area contributed by atoms with Gasteiger partial charge in [0.05, 0.1) is 5.69 Å². The normalized spacial score (nSPS) is 10.4. The molecular weight excluding hydrogens is 338 g/mol. The van der Waals surface area contributed by atoms with Crippen LogP contribution >= 0.6 is 15.9 Å². The van der Waals surface area contributed by atoms with Gasteiger partial charge < -0.3 is 9.26 Å². The van der Waals surface area contributed by atoms with Crippen LogP contribution in [0.1, 0.15) is 39.1 Å². The lowest BCUT2D eigenvalue weighted by Crippen LogP contribution is -2.16. The number of Topliss-reactive ketones (excluding diaryl/α,β-unsaturated/α-hetero) is 1. The molecule has 0 fully saturated rings. The van der Waals surface area contributed by atoms with Crippen molar-refractivity contribution in [3.8, 4) is 0 Å². The smallest absolute Gasteiger partial charge is 0.344 e. The summed E-state index contributed by atoms with van der Waals surface area (Å²) >= 11 is 3.29. The fourth-order valence-corrected chi connectivity index (χ4v) is 2.40. The van der Waals surface area contributed by atoms with E-state index in [9.17, 15) is 9.59 Å². The van der Waals surface area contributed by atoms with E-state index in [1.807, 2.05) is 6.92 Å². The molecule has 0 aliphatic rings. The highest BCUT2D eigenvalue weighted by Gasteiger charge is 2.22. The predicted molar refractivity (Wildman–Crippen MR) is 79.4 cm³/mol. The standard InChI is InChI=1S/C15H14BrNO4/c1-3-12-14(9(2)21-17-12)15(19)20-8-13(18)10-6-4-5-7-11(10)16/h4-7H,3,8H2,1-2H3. The van der Waals surface area contributed by atoms with Crippen molar-refractivity contribution in [2.75, 3.05) is 6.61 Å². The molecule has 0 bridgehead atoms. The number of nitrogens with zero attached hydrogens (tertiary/aromatic N) is 1. The number of carbonyl (C=O) groups excluding carboxylic acids is 2. The number of esters is 1. The first-order valence-corrected chi connectivity index (χ1v) is 7.23. The summed E-state index contributed by atoms with van der Waals surface area (Å²) in [4.78, 5) is 24.1. The van der Waals surface area contributed by atoms with Crippen LogP contribution in [0.2, 0.25) is 0 Å². The van der Waals surface area contributed by atoms with Crippen LogP contribution in [-0.2, 0) is 11.2 Å². The molecule has 0 N–H and O–H groups in total. The van der Waals surface area contributed by atoms with Gasteiger partial charge in [0.1, 0.15) is 11.3 Å². The number of rotatable bonds is 5. The quantitative estimate of drug-likeness (QED) is 0.610. The van der Waals surface area contributed by atoms with E-state index in [-0.39, 0.29) is 12.4 Å². The van der Waals surface area contributed by atoms with Crippen LogP contribution in [0.4, 0.5) is 0 Å². The summed E-state index contributed by atoms with van der Waals surface area (Å²) in [5, 5.41) is 3.79. The number of aromatic nitrogens is 1. The van der Waals surface area contributed by atoms with E-state index in [0.717, 1.165) is 0 Å². The molecular formula is C15H14BrNO4. The third kappa shape index (κ3) is 3.39. The Bertz CT molecular complexity index is 678. The number of ketones is 1. The molecule has 2 rings (SSSR count). The third-order valence-corrected chi connectivity index (χ3v) is 3.67. The Kier molecular flexibility index (Phi) is 4.90. The first-order chi connectivity index (χ1) is 10.0. The molecule has 0 spiro atoms. The highest BCUT2D eigenvalue weighted by atomic mass is 79.9. The van der Waals surface area contributed by atoms with E-state index in [1.165, 1.54) is 0 Å². The Morgan fingerprint density at radius 1 is 1.33 bits per heavy atom. The first kappa shape index (κ1) is 15.4. The van der Waals surface area contributed by atoms with E-state index in [2.05, 4.69) is 21.1 Å². The second kappa shape index (κ2) is 6.67. The van der Waals surface area contributed by atoms with Gasteiger partial charge in [0.15, 0.2) is 6.61 Å². The first-order valence-electron chi connectivity index (χ1n) is 6.44. The summed E-state index contributed by atoms with van der Waals surface area (Å²) in [7, 11) is 0. The van der Waals surface area contributed by atoms with Crippen molar-refractivity contribution in [2.24, 2.45) is 0 Å². The Morgan fingerprint density at radius 2 is 2.05 bits per heavy atom. The van der Waals surface area contributed by atoms with Gasteiger partial charge >= 0.3 is 5.97 Å². The van der Waals surface area contributed by atoms with Crippen LogP contribution in [0, 0.1) is 6.92 Å². The van der Waals surface area contributed by atoms with Crippen molar-refractivity contribution in [1.29, 1.82) is 0 Å². The molecule has 0 amide bonds. The lowest BCUT2D eigenvalue weighted by atomic mass is 10.1. The van der Waals surface area contributed by atoms with E-state index >= 15 is 0 Å². The van der Waals surface area contributed by atoms with Crippen molar-refractivity contribution >= 4 is 27.7 Å². The number of benzene rings is 1. The second-order valence-corrected chi connectivity index (χ2v) is 5.25. The molecule has 0 atom stereocenters. The Hall–Kier alpha value is -1.95. The van der Waals surface area contributed by atoms with E-state index in [0.29, 0.717) is 33.5 Å². The van der Waals surface area contributed by atoms with Gasteiger partial charge in [-0.1, -0.05) is 46.2 Å². The minimum Gasteiger partial charge on any atom is -0.454 e. The van der Waals surface area contributed by atoms with Gasteiger partial charge in [-0.2, -0.15) is 0 Å². The van der Waals surface area contributed by atoms with E-state index in [4.69, 9.17) is 9.26 Å². The summed E-state index contributed by atoms with van der Waals surface area (Å²) in [6.07, 6.45) is 0.556. The maximum absolute atomic E-state index is 12.0. The highest BCUT2D eigenvalue weighted by molar-refractivity contribution is 9.10. The summed E-state index contributed by atoms with van der Waals surface area (Å²) in [6, 6.07) is 6.98. The molecule has 2 aromatic rings. The number of hydrogen-bond donors (Lipinski definition) is 0. The summed E-state index contributed by atoms with van der Waals surface area (Å²) in [6.45, 7) is 3.17. The molecule has 110 valence electrons. The molecule has 21 heavy (non-hydrogen) atoms. The molecule has 0 saturated heterocycles. The maximum Gasteiger partial charge on any atom is 0.344 e. The molecule has 6 heteroatoms. The topological polar surface area (TPSA) is 69.4 Å². The van der Waals surface area contributed by atoms with E-state index < -0.39 is 5.97 Å². The van der Waals surface area contributed by atoms with Crippen LogP contribution in [-0.4, -0.2) is 23.5 Å². The SMILES string of the molecule is CCc1noc(C)c1C(=O)OCC(=O)c1ccccc1Br. The summed E-state index contributed by atoms with van der Waals surface area (Å²) < 4.78 is 10.7. The van der Waals surface area contributed by atoms with Gasteiger partial charge in [-0.3, -0.25) is 4.79 Å². The van der Waals surface area contributed by atoms with Crippen LogP contribution in [0.3, 0.4) is 0 Å². The zero-order valence-corrected chi connectivity index (χ0v) is 13.3. The predicted octanol–water partition coefficient (Wildman–Crippen LogP) is 3.35. The summed E-state index contributed by atoms with van der Waals surface area (Å²) in [5.74, 6) is -0.473. The molecule has 1 aromatic heterocycles. The number of carbonyl (C=O) groups is 2. The fraction of sp³-hybridized carbons (Fsp3) is 0.267. The Labute approximate surface area is 130 Å². The van der Waals surface area contributed by atoms with Gasteiger partial charge in [-0.25, -0.2) is 4.79 Å². The Morgan fingerprint density at radius 3 is 2.71 bits per heavy atom. The van der Waals surface area contributed by atoms with Crippen LogP contribution in [0.25, 0.3) is 0 Å². The fourth-order valence-electron chi connectivity index (χ4n) is 1.89. The van der Waals surface area contributed by atoms with Crippen molar-refractivity contribution in [3.63, 3.8) is 0 Å².